The van der Waals surface area contributed by atoms with Crippen LogP contribution in [0.4, 0.5) is 11.5 Å². The summed E-state index contributed by atoms with van der Waals surface area (Å²) in [6.45, 7) is 4.48. The molecule has 0 amide bonds. The zero-order valence-electron chi connectivity index (χ0n) is 23.6. The molecule has 2 aliphatic heterocycles. The maximum absolute atomic E-state index is 6.70. The van der Waals surface area contributed by atoms with E-state index in [1.54, 1.807) is 0 Å². The van der Waals surface area contributed by atoms with Gasteiger partial charge in [-0.1, -0.05) is 60.7 Å². The van der Waals surface area contributed by atoms with E-state index in [2.05, 4.69) is 87.6 Å². The van der Waals surface area contributed by atoms with Crippen molar-refractivity contribution in [2.45, 2.75) is 31.3 Å². The van der Waals surface area contributed by atoms with E-state index < -0.39 is 0 Å². The smallest absolute Gasteiger partial charge is 0.154 e. The number of nitrogens with zero attached hydrogens (tertiary/aromatic N) is 4. The number of anilines is 2. The molecule has 0 radical (unpaired) electrons. The molecule has 0 spiro atoms. The number of aromatic nitrogens is 3. The first-order valence-electron chi connectivity index (χ1n) is 14.9. The molecule has 1 aliphatic carbocycles. The Balaban J connectivity index is 1.30. The Kier molecular flexibility index (Phi) is 6.17. The van der Waals surface area contributed by atoms with Crippen LogP contribution in [0.15, 0.2) is 91.1 Å². The van der Waals surface area contributed by atoms with Gasteiger partial charge in [0, 0.05) is 48.1 Å². The molecule has 3 N–H and O–H groups in total. The SMILES string of the molecule is NC1(c2ccc(-c3c(-c4ccc(CN5CCOCC5)cc4)nc4n3-c3cccnc3Nc3ccccc3-4)cc2)CCC1. The third-order valence-corrected chi connectivity index (χ3v) is 9.04. The predicted molar refractivity (Wildman–Crippen MR) is 167 cm³/mol. The molecular formula is C35H34N6O. The first-order chi connectivity index (χ1) is 20.7. The van der Waals surface area contributed by atoms with Crippen molar-refractivity contribution in [2.75, 3.05) is 31.6 Å². The number of morpholine rings is 1. The van der Waals surface area contributed by atoms with Crippen LogP contribution >= 0.6 is 0 Å². The van der Waals surface area contributed by atoms with Crippen molar-refractivity contribution in [3.63, 3.8) is 0 Å². The summed E-state index contributed by atoms with van der Waals surface area (Å²) in [4.78, 5) is 12.6. The summed E-state index contributed by atoms with van der Waals surface area (Å²) in [5.74, 6) is 1.70. The maximum atomic E-state index is 6.70. The van der Waals surface area contributed by atoms with Gasteiger partial charge in [-0.15, -0.1) is 0 Å². The molecule has 2 aromatic heterocycles. The molecule has 7 nitrogen and oxygen atoms in total. The Bertz CT molecular complexity index is 1750. The summed E-state index contributed by atoms with van der Waals surface area (Å²) in [7, 11) is 0. The fraction of sp³-hybridized carbons (Fsp3) is 0.257. The average molecular weight is 555 g/mol. The van der Waals surface area contributed by atoms with Crippen LogP contribution in [0.1, 0.15) is 30.4 Å². The first kappa shape index (κ1) is 25.4. The van der Waals surface area contributed by atoms with E-state index in [1.165, 1.54) is 17.5 Å². The zero-order valence-corrected chi connectivity index (χ0v) is 23.6. The second-order valence-corrected chi connectivity index (χ2v) is 11.7. The molecule has 5 aromatic rings. The lowest BCUT2D eigenvalue weighted by Gasteiger charge is -2.38. The second kappa shape index (κ2) is 10.2. The van der Waals surface area contributed by atoms with Crippen molar-refractivity contribution in [3.05, 3.63) is 102 Å². The van der Waals surface area contributed by atoms with Crippen molar-refractivity contribution >= 4 is 11.5 Å². The van der Waals surface area contributed by atoms with Crippen LogP contribution in [0, 0.1) is 0 Å². The number of nitrogens with two attached hydrogens (primary N) is 1. The number of hydrogen-bond acceptors (Lipinski definition) is 6. The molecule has 7 heteroatoms. The summed E-state index contributed by atoms with van der Waals surface area (Å²) in [5.41, 5.74) is 16.2. The number of hydrogen-bond donors (Lipinski definition) is 2. The van der Waals surface area contributed by atoms with Gasteiger partial charge in [-0.2, -0.15) is 0 Å². The fourth-order valence-electron chi connectivity index (χ4n) is 6.48. The van der Waals surface area contributed by atoms with Gasteiger partial charge in [-0.25, -0.2) is 9.97 Å². The maximum Gasteiger partial charge on any atom is 0.154 e. The molecule has 3 aromatic carbocycles. The van der Waals surface area contributed by atoms with Crippen LogP contribution in [0.5, 0.6) is 0 Å². The number of pyridine rings is 1. The average Bonchev–Trinajstić information content (AvgIpc) is 3.35. The van der Waals surface area contributed by atoms with Gasteiger partial charge in [-0.05, 0) is 54.7 Å². The van der Waals surface area contributed by atoms with Crippen LogP contribution in [0.3, 0.4) is 0 Å². The standard InChI is InChI=1S/C35H34N6O/c36-35(16-4-17-35)27-14-12-26(13-15-27)32-31(25-10-8-24(9-11-25)23-40-19-21-42-22-20-40)39-34-28-5-1-2-6-29(28)38-33-30(41(32)34)7-3-18-37-33/h1-3,5-15,18H,4,16-17,19-23,36H2,(H,37,38). The van der Waals surface area contributed by atoms with Crippen molar-refractivity contribution in [1.82, 2.24) is 19.4 Å². The summed E-state index contributed by atoms with van der Waals surface area (Å²) in [5, 5.41) is 3.56. The normalized spacial score (nSPS) is 17.3. The van der Waals surface area contributed by atoms with E-state index in [4.69, 9.17) is 20.4 Å². The molecule has 1 saturated heterocycles. The zero-order chi connectivity index (χ0) is 28.1. The topological polar surface area (TPSA) is 81.2 Å². The molecule has 0 bridgehead atoms. The minimum absolute atomic E-state index is 0.203. The van der Waals surface area contributed by atoms with E-state index in [0.29, 0.717) is 0 Å². The van der Waals surface area contributed by atoms with Crippen molar-refractivity contribution in [1.29, 1.82) is 0 Å². The number of imidazole rings is 1. The van der Waals surface area contributed by atoms with Crippen molar-refractivity contribution < 1.29 is 4.74 Å². The van der Waals surface area contributed by atoms with Gasteiger partial charge >= 0.3 is 0 Å². The Morgan fingerprint density at radius 2 is 1.62 bits per heavy atom. The van der Waals surface area contributed by atoms with Gasteiger partial charge in [0.15, 0.2) is 5.82 Å². The monoisotopic (exact) mass is 554 g/mol. The number of para-hydroxylation sites is 1. The number of fused-ring (bicyclic) bond motifs is 5. The lowest BCUT2D eigenvalue weighted by atomic mass is 9.72. The highest BCUT2D eigenvalue weighted by molar-refractivity contribution is 5.90. The molecule has 8 rings (SSSR count). The van der Waals surface area contributed by atoms with Gasteiger partial charge in [0.25, 0.3) is 0 Å². The minimum Gasteiger partial charge on any atom is -0.379 e. The Labute approximate surface area is 246 Å². The largest absolute Gasteiger partial charge is 0.379 e. The first-order valence-corrected chi connectivity index (χ1v) is 14.9. The number of ether oxygens (including phenoxy) is 1. The third-order valence-electron chi connectivity index (χ3n) is 9.04. The van der Waals surface area contributed by atoms with E-state index in [9.17, 15) is 0 Å². The predicted octanol–water partition coefficient (Wildman–Crippen LogP) is 6.50. The van der Waals surface area contributed by atoms with Crippen LogP contribution in [-0.4, -0.2) is 45.7 Å². The van der Waals surface area contributed by atoms with Gasteiger partial charge in [0.05, 0.1) is 36.0 Å². The lowest BCUT2D eigenvalue weighted by Crippen LogP contribution is -2.43. The highest BCUT2D eigenvalue weighted by Crippen LogP contribution is 2.45. The molecule has 3 aliphatic rings. The van der Waals surface area contributed by atoms with Crippen molar-refractivity contribution in [3.8, 4) is 39.6 Å². The van der Waals surface area contributed by atoms with Gasteiger partial charge in [0.2, 0.25) is 0 Å². The molecule has 0 atom stereocenters. The van der Waals surface area contributed by atoms with E-state index in [0.717, 1.165) is 96.8 Å². The van der Waals surface area contributed by atoms with Gasteiger partial charge in [0.1, 0.15) is 5.82 Å². The Morgan fingerprint density at radius 1 is 0.857 bits per heavy atom. The molecule has 4 heterocycles. The molecule has 210 valence electrons. The molecule has 0 unspecified atom stereocenters. The number of benzene rings is 3. The lowest BCUT2D eigenvalue weighted by molar-refractivity contribution is 0.0342. The minimum atomic E-state index is -0.203. The van der Waals surface area contributed by atoms with Crippen LogP contribution in [0.2, 0.25) is 0 Å². The summed E-state index contributed by atoms with van der Waals surface area (Å²) in [6.07, 6.45) is 5.10. The van der Waals surface area contributed by atoms with E-state index >= 15 is 0 Å². The van der Waals surface area contributed by atoms with Crippen LogP contribution in [-0.2, 0) is 16.8 Å². The Morgan fingerprint density at radius 3 is 2.38 bits per heavy atom. The third kappa shape index (κ3) is 4.32. The van der Waals surface area contributed by atoms with Crippen LogP contribution in [0.25, 0.3) is 39.6 Å². The van der Waals surface area contributed by atoms with Gasteiger partial charge < -0.3 is 15.8 Å². The number of rotatable bonds is 5. The van der Waals surface area contributed by atoms with Crippen LogP contribution < -0.4 is 11.1 Å². The summed E-state index contributed by atoms with van der Waals surface area (Å²) in [6, 6.07) is 30.2. The molecule has 42 heavy (non-hydrogen) atoms. The highest BCUT2D eigenvalue weighted by Gasteiger charge is 2.34. The number of nitrogens with one attached hydrogen (secondary N) is 1. The van der Waals surface area contributed by atoms with E-state index in [-0.39, 0.29) is 5.54 Å². The molecular weight excluding hydrogens is 520 g/mol. The molecule has 2 fully saturated rings. The van der Waals surface area contributed by atoms with E-state index in [1.807, 2.05) is 18.3 Å². The molecule has 1 saturated carbocycles. The second-order valence-electron chi connectivity index (χ2n) is 11.7. The highest BCUT2D eigenvalue weighted by atomic mass is 16.5. The summed E-state index contributed by atoms with van der Waals surface area (Å²) >= 11 is 0. The summed E-state index contributed by atoms with van der Waals surface area (Å²) < 4.78 is 7.81. The quantitative estimate of drug-likeness (QED) is 0.253. The van der Waals surface area contributed by atoms with Gasteiger partial charge in [-0.3, -0.25) is 9.47 Å². The Hall–Kier alpha value is -4.30. The van der Waals surface area contributed by atoms with Crippen molar-refractivity contribution in [2.24, 2.45) is 5.73 Å². The fourth-order valence-corrected chi connectivity index (χ4v) is 6.48.